The Morgan fingerprint density at radius 1 is 0.556 bits per heavy atom. The van der Waals surface area contributed by atoms with Gasteiger partial charge in [0.1, 0.15) is 0 Å². The van der Waals surface area contributed by atoms with Crippen molar-refractivity contribution in [1.29, 1.82) is 0 Å². The zero-order valence-corrected chi connectivity index (χ0v) is 31.5. The molecule has 0 nitrogen and oxygen atoms in total. The van der Waals surface area contributed by atoms with Crippen LogP contribution in [0.15, 0.2) is 109 Å². The molecule has 45 heavy (non-hydrogen) atoms. The summed E-state index contributed by atoms with van der Waals surface area (Å²) in [6.45, 7) is 11.6. The molecule has 4 aromatic rings. The monoisotopic (exact) mass is 676 g/mol. The molecule has 0 heterocycles. The minimum absolute atomic E-state index is 0. The molecule has 3 atom stereocenters. The summed E-state index contributed by atoms with van der Waals surface area (Å²) < 4.78 is 0. The fourth-order valence-corrected chi connectivity index (χ4v) is 13.9. The zero-order chi connectivity index (χ0) is 29.5. The molecule has 2 unspecified atom stereocenters. The summed E-state index contributed by atoms with van der Waals surface area (Å²) in [6.07, 6.45) is 12.5. The van der Waals surface area contributed by atoms with E-state index in [1.807, 2.05) is 0 Å². The molecule has 2 aliphatic rings. The van der Waals surface area contributed by atoms with Crippen molar-refractivity contribution in [2.24, 2.45) is 5.92 Å². The first-order chi connectivity index (χ1) is 20.4. The third kappa shape index (κ3) is 10.2. The molecule has 3 heteroatoms. The van der Waals surface area contributed by atoms with Crippen molar-refractivity contribution in [3.8, 4) is 0 Å². The second kappa shape index (κ2) is 19.0. The summed E-state index contributed by atoms with van der Waals surface area (Å²) in [4.78, 5) is 0. The molecule has 0 bridgehead atoms. The van der Waals surface area contributed by atoms with Crippen molar-refractivity contribution in [3.63, 3.8) is 0 Å². The van der Waals surface area contributed by atoms with Gasteiger partial charge in [0.05, 0.1) is 0 Å². The first-order valence-corrected chi connectivity index (χ1v) is 18.7. The van der Waals surface area contributed by atoms with Gasteiger partial charge in [-0.15, -0.1) is 0 Å². The van der Waals surface area contributed by atoms with Gasteiger partial charge in [-0.3, -0.25) is 0 Å². The van der Waals surface area contributed by atoms with Crippen LogP contribution in [0.4, 0.5) is 0 Å². The maximum atomic E-state index is 2.59. The molecule has 2 aliphatic carbocycles. The third-order valence-electron chi connectivity index (χ3n) is 8.84. The molecule has 1 saturated carbocycles. The number of benzene rings is 4. The number of allylic oxidation sites excluding steroid dienone is 2. The Kier molecular flexibility index (Phi) is 16.5. The van der Waals surface area contributed by atoms with Crippen molar-refractivity contribution >= 4 is 37.1 Å². The van der Waals surface area contributed by atoms with Gasteiger partial charge in [-0.05, 0) is 114 Å². The van der Waals surface area contributed by atoms with Crippen LogP contribution in [0.1, 0.15) is 67.7 Å². The van der Waals surface area contributed by atoms with Crippen molar-refractivity contribution < 1.29 is 17.1 Å². The second-order valence-corrected chi connectivity index (χ2v) is 17.4. The molecule has 0 spiro atoms. The van der Waals surface area contributed by atoms with Gasteiger partial charge in [0, 0.05) is 0 Å². The van der Waals surface area contributed by atoms with Gasteiger partial charge in [-0.25, -0.2) is 0 Å². The topological polar surface area (TPSA) is 0 Å². The van der Waals surface area contributed by atoms with E-state index in [1.165, 1.54) is 71.4 Å². The summed E-state index contributed by atoms with van der Waals surface area (Å²) in [5, 5.41) is 6.18. The molecule has 0 aromatic heterocycles. The van der Waals surface area contributed by atoms with Gasteiger partial charge >= 0.3 is 17.1 Å². The van der Waals surface area contributed by atoms with E-state index < -0.39 is 15.8 Å². The van der Waals surface area contributed by atoms with Crippen LogP contribution in [-0.2, 0) is 17.1 Å². The SMILES string of the molecule is C1=CCCC1.Cc1cc(C)cc(P(c2cc(C)cc(C)c2)[C@@H](C)C2CCCC2P(c2ccccc2)c2ccccc2)c1.[CH3-].[CH3-].[Fe+2]. The normalized spacial score (nSPS) is 17.5. The quantitative estimate of drug-likeness (QED) is 0.0791. The minimum atomic E-state index is -0.467. The number of hydrogen-bond donors (Lipinski definition) is 0. The molecule has 240 valence electrons. The van der Waals surface area contributed by atoms with Crippen LogP contribution in [0.5, 0.6) is 0 Å². The van der Waals surface area contributed by atoms with E-state index in [9.17, 15) is 0 Å². The van der Waals surface area contributed by atoms with Gasteiger partial charge in [0.25, 0.3) is 0 Å². The third-order valence-corrected chi connectivity index (χ3v) is 14.7. The summed E-state index contributed by atoms with van der Waals surface area (Å²) in [6, 6.07) is 37.4. The fourth-order valence-electron chi connectivity index (χ4n) is 7.14. The Morgan fingerprint density at radius 2 is 0.978 bits per heavy atom. The van der Waals surface area contributed by atoms with Crippen LogP contribution in [0.25, 0.3) is 0 Å². The number of hydrogen-bond acceptors (Lipinski definition) is 0. The molecule has 0 saturated heterocycles. The Hall–Kier alpha value is -2.00. The maximum absolute atomic E-state index is 2.59. The Labute approximate surface area is 289 Å². The van der Waals surface area contributed by atoms with E-state index in [1.54, 1.807) is 10.6 Å². The van der Waals surface area contributed by atoms with Crippen LogP contribution < -0.4 is 21.2 Å². The first kappa shape index (κ1) is 39.2. The Bertz CT molecular complexity index is 1330. The first-order valence-electron chi connectivity index (χ1n) is 15.9. The maximum Gasteiger partial charge on any atom is 2.00 e. The van der Waals surface area contributed by atoms with Crippen molar-refractivity contribution in [3.05, 3.63) is 146 Å². The van der Waals surface area contributed by atoms with Crippen molar-refractivity contribution in [2.45, 2.75) is 84.5 Å². The van der Waals surface area contributed by atoms with E-state index in [4.69, 9.17) is 0 Å². The smallest absolute Gasteiger partial charge is 0.358 e. The molecular formula is C42H54FeP2. The standard InChI is InChI=1S/C35H40P2.C5H8.2CH3.Fe/c1-25-19-26(2)22-32(21-25)36(33-23-27(3)20-28(4)24-33)29(5)34-17-12-18-35(34)37(30-13-8-6-9-14-30)31-15-10-7-11-16-31;1-2-4-5-3-1;;;/h6-11,13-16,19-24,29,34-35H,12,17-18H2,1-5H3;1-2H,3-5H2;2*1H3;/q;;2*-1;+2/t29-,34?,35?;;;;/m0..../s1. The molecular weight excluding hydrogens is 622 g/mol. The Balaban J connectivity index is 0.000000805. The van der Waals surface area contributed by atoms with Gasteiger partial charge < -0.3 is 14.9 Å². The Morgan fingerprint density at radius 3 is 1.36 bits per heavy atom. The van der Waals surface area contributed by atoms with Gasteiger partial charge in [0.2, 0.25) is 0 Å². The van der Waals surface area contributed by atoms with E-state index >= 15 is 0 Å². The average molecular weight is 677 g/mol. The predicted octanol–water partition coefficient (Wildman–Crippen LogP) is 10.7. The average Bonchev–Trinajstić information content (AvgIpc) is 3.70. The van der Waals surface area contributed by atoms with E-state index in [0.717, 1.165) is 11.6 Å². The molecule has 0 amide bonds. The molecule has 6 rings (SSSR count). The van der Waals surface area contributed by atoms with Gasteiger partial charge in [-0.2, -0.15) is 0 Å². The molecule has 4 aromatic carbocycles. The fraction of sp³-hybridized carbons (Fsp3) is 0.333. The van der Waals surface area contributed by atoms with Crippen LogP contribution in [0, 0.1) is 48.5 Å². The summed E-state index contributed by atoms with van der Waals surface area (Å²) >= 11 is 0. The molecule has 0 radical (unpaired) electrons. The minimum Gasteiger partial charge on any atom is -0.358 e. The van der Waals surface area contributed by atoms with Crippen molar-refractivity contribution in [1.82, 2.24) is 0 Å². The summed E-state index contributed by atoms with van der Waals surface area (Å²) in [5.74, 6) is 0.722. The number of aryl methyl sites for hydroxylation is 4. The van der Waals surface area contributed by atoms with E-state index in [0.29, 0.717) is 5.66 Å². The largest absolute Gasteiger partial charge is 2.00 e. The summed E-state index contributed by atoms with van der Waals surface area (Å²) in [7, 11) is -0.868. The second-order valence-electron chi connectivity index (χ2n) is 12.4. The van der Waals surface area contributed by atoms with Gasteiger partial charge in [-0.1, -0.05) is 145 Å². The van der Waals surface area contributed by atoms with Crippen LogP contribution in [0.2, 0.25) is 0 Å². The zero-order valence-electron chi connectivity index (χ0n) is 28.6. The van der Waals surface area contributed by atoms with Gasteiger partial charge in [0.15, 0.2) is 0 Å². The molecule has 0 aliphatic heterocycles. The predicted molar refractivity (Wildman–Crippen MR) is 204 cm³/mol. The molecule has 0 N–H and O–H groups in total. The van der Waals surface area contributed by atoms with Crippen LogP contribution >= 0.6 is 15.8 Å². The van der Waals surface area contributed by atoms with Crippen LogP contribution in [0.3, 0.4) is 0 Å². The van der Waals surface area contributed by atoms with E-state index in [2.05, 4.69) is 144 Å². The van der Waals surface area contributed by atoms with Crippen molar-refractivity contribution in [2.75, 3.05) is 0 Å². The van der Waals surface area contributed by atoms with Crippen LogP contribution in [-0.4, -0.2) is 11.3 Å². The van der Waals surface area contributed by atoms with E-state index in [-0.39, 0.29) is 31.9 Å². The molecule has 1 fully saturated rings. The number of rotatable bonds is 7. The summed E-state index contributed by atoms with van der Waals surface area (Å²) in [5.41, 5.74) is 6.89.